The lowest BCUT2D eigenvalue weighted by Crippen LogP contribution is -2.13. The first kappa shape index (κ1) is 15.7. The van der Waals surface area contributed by atoms with Crippen molar-refractivity contribution in [3.05, 3.63) is 48.0 Å². The van der Waals surface area contributed by atoms with Gasteiger partial charge in [0.25, 0.3) is 5.91 Å². The maximum atomic E-state index is 12.3. The Labute approximate surface area is 130 Å². The Morgan fingerprint density at radius 1 is 1.00 bits per heavy atom. The highest BCUT2D eigenvalue weighted by molar-refractivity contribution is 6.05. The van der Waals surface area contributed by atoms with Crippen molar-refractivity contribution in [1.29, 1.82) is 0 Å². The third kappa shape index (κ3) is 3.49. The molecule has 1 amide bonds. The molecule has 0 spiro atoms. The fraction of sp³-hybridized carbons (Fsp3) is 0.235. The minimum absolute atomic E-state index is 0.197. The van der Waals surface area contributed by atoms with Gasteiger partial charge in [-0.15, -0.1) is 0 Å². The molecule has 0 aliphatic heterocycles. The summed E-state index contributed by atoms with van der Waals surface area (Å²) in [6.45, 7) is 2.76. The number of nitrogens with one attached hydrogen (secondary N) is 2. The van der Waals surface area contributed by atoms with E-state index in [0.717, 1.165) is 12.2 Å². The monoisotopic (exact) mass is 300 g/mol. The fourth-order valence-electron chi connectivity index (χ4n) is 2.11. The van der Waals surface area contributed by atoms with Gasteiger partial charge < -0.3 is 20.1 Å². The quantitative estimate of drug-likeness (QED) is 0.858. The summed E-state index contributed by atoms with van der Waals surface area (Å²) in [5.74, 6) is 1.02. The van der Waals surface area contributed by atoms with Crippen LogP contribution < -0.4 is 20.1 Å². The molecule has 2 aromatic rings. The van der Waals surface area contributed by atoms with Crippen LogP contribution in [0.2, 0.25) is 0 Å². The normalized spacial score (nSPS) is 9.95. The van der Waals surface area contributed by atoms with Gasteiger partial charge in [0.1, 0.15) is 11.5 Å². The second-order valence-electron chi connectivity index (χ2n) is 4.60. The molecule has 0 radical (unpaired) electrons. The molecule has 2 N–H and O–H groups in total. The van der Waals surface area contributed by atoms with E-state index in [1.54, 1.807) is 32.4 Å². The maximum absolute atomic E-state index is 12.3. The Morgan fingerprint density at radius 3 is 2.18 bits per heavy atom. The van der Waals surface area contributed by atoms with Crippen LogP contribution in [0.5, 0.6) is 11.5 Å². The number of methoxy groups -OCH3 is 2. The summed E-state index contributed by atoms with van der Waals surface area (Å²) < 4.78 is 10.7. The molecular weight excluding hydrogens is 280 g/mol. The van der Waals surface area contributed by atoms with Gasteiger partial charge in [-0.25, -0.2) is 0 Å². The van der Waals surface area contributed by atoms with Gasteiger partial charge in [-0.2, -0.15) is 0 Å². The number of carbonyl (C=O) groups is 1. The zero-order valence-electron chi connectivity index (χ0n) is 13.0. The smallest absolute Gasteiger partial charge is 0.255 e. The van der Waals surface area contributed by atoms with E-state index in [-0.39, 0.29) is 5.91 Å². The molecule has 0 atom stereocenters. The largest absolute Gasteiger partial charge is 0.495 e. The van der Waals surface area contributed by atoms with Crippen LogP contribution >= 0.6 is 0 Å². The molecule has 2 aromatic carbocycles. The first-order chi connectivity index (χ1) is 10.7. The third-order valence-corrected chi connectivity index (χ3v) is 3.17. The number of anilines is 2. The number of carbonyl (C=O) groups excluding carboxylic acids is 1. The van der Waals surface area contributed by atoms with Gasteiger partial charge in [0.15, 0.2) is 0 Å². The van der Waals surface area contributed by atoms with Crippen molar-refractivity contribution in [2.45, 2.75) is 6.92 Å². The topological polar surface area (TPSA) is 59.6 Å². The Bertz CT molecular complexity index is 642. The zero-order chi connectivity index (χ0) is 15.9. The van der Waals surface area contributed by atoms with Crippen LogP contribution in [0.3, 0.4) is 0 Å². The Balaban J connectivity index is 2.31. The average molecular weight is 300 g/mol. The van der Waals surface area contributed by atoms with E-state index in [1.165, 1.54) is 0 Å². The summed E-state index contributed by atoms with van der Waals surface area (Å²) in [5, 5.41) is 6.05. The third-order valence-electron chi connectivity index (χ3n) is 3.17. The lowest BCUT2D eigenvalue weighted by atomic mass is 10.2. The van der Waals surface area contributed by atoms with E-state index in [1.807, 2.05) is 31.2 Å². The van der Waals surface area contributed by atoms with Gasteiger partial charge in [0.2, 0.25) is 0 Å². The number of hydrogen-bond acceptors (Lipinski definition) is 4. The lowest BCUT2D eigenvalue weighted by molar-refractivity contribution is 0.102. The standard InChI is InChI=1S/C17H20N2O3/c1-4-18-13-10-16(22-3)14(11-15(13)21-2)19-17(20)12-8-6-5-7-9-12/h5-11,18H,4H2,1-3H3,(H,19,20). The summed E-state index contributed by atoms with van der Waals surface area (Å²) in [4.78, 5) is 12.3. The number of amides is 1. The van der Waals surface area contributed by atoms with Crippen LogP contribution in [0.1, 0.15) is 17.3 Å². The molecule has 2 rings (SSSR count). The van der Waals surface area contributed by atoms with Gasteiger partial charge >= 0.3 is 0 Å². The second-order valence-corrected chi connectivity index (χ2v) is 4.60. The van der Waals surface area contributed by atoms with Gasteiger partial charge in [0, 0.05) is 24.2 Å². The second kappa shape index (κ2) is 7.36. The summed E-state index contributed by atoms with van der Waals surface area (Å²) in [6, 6.07) is 12.6. The van der Waals surface area contributed by atoms with E-state index in [9.17, 15) is 4.79 Å². The van der Waals surface area contributed by atoms with Crippen molar-refractivity contribution in [2.75, 3.05) is 31.4 Å². The van der Waals surface area contributed by atoms with Crippen molar-refractivity contribution in [2.24, 2.45) is 0 Å². The van der Waals surface area contributed by atoms with Crippen molar-refractivity contribution < 1.29 is 14.3 Å². The Kier molecular flexibility index (Phi) is 5.25. The minimum Gasteiger partial charge on any atom is -0.495 e. The molecule has 0 aliphatic carbocycles. The first-order valence-corrected chi connectivity index (χ1v) is 7.05. The Morgan fingerprint density at radius 2 is 1.59 bits per heavy atom. The van der Waals surface area contributed by atoms with E-state index >= 15 is 0 Å². The van der Waals surface area contributed by atoms with Gasteiger partial charge in [-0.1, -0.05) is 18.2 Å². The number of benzene rings is 2. The summed E-state index contributed by atoms with van der Waals surface area (Å²) >= 11 is 0. The van der Waals surface area contributed by atoms with Crippen LogP contribution in [0.4, 0.5) is 11.4 Å². The molecule has 0 aromatic heterocycles. The van der Waals surface area contributed by atoms with Crippen LogP contribution in [-0.4, -0.2) is 26.7 Å². The van der Waals surface area contributed by atoms with Gasteiger partial charge in [0.05, 0.1) is 25.6 Å². The number of hydrogen-bond donors (Lipinski definition) is 2. The number of rotatable bonds is 6. The summed E-state index contributed by atoms with van der Waals surface area (Å²) in [7, 11) is 3.15. The van der Waals surface area contributed by atoms with E-state index < -0.39 is 0 Å². The highest BCUT2D eigenvalue weighted by Crippen LogP contribution is 2.36. The van der Waals surface area contributed by atoms with Crippen LogP contribution in [0.25, 0.3) is 0 Å². The van der Waals surface area contributed by atoms with Crippen molar-refractivity contribution in [3.8, 4) is 11.5 Å². The van der Waals surface area contributed by atoms with Crippen LogP contribution in [0, 0.1) is 0 Å². The number of ether oxygens (including phenoxy) is 2. The lowest BCUT2D eigenvalue weighted by Gasteiger charge is -2.16. The van der Waals surface area contributed by atoms with E-state index in [0.29, 0.717) is 22.7 Å². The molecule has 0 heterocycles. The van der Waals surface area contributed by atoms with Gasteiger partial charge in [-0.05, 0) is 19.1 Å². The molecule has 0 unspecified atom stereocenters. The van der Waals surface area contributed by atoms with E-state index in [2.05, 4.69) is 10.6 Å². The molecule has 116 valence electrons. The van der Waals surface area contributed by atoms with Crippen LogP contribution in [-0.2, 0) is 0 Å². The molecule has 0 saturated carbocycles. The molecule has 0 aliphatic rings. The summed E-state index contributed by atoms with van der Waals surface area (Å²) in [5.41, 5.74) is 1.97. The van der Waals surface area contributed by atoms with Crippen molar-refractivity contribution in [3.63, 3.8) is 0 Å². The highest BCUT2D eigenvalue weighted by atomic mass is 16.5. The van der Waals surface area contributed by atoms with Crippen molar-refractivity contribution >= 4 is 17.3 Å². The highest BCUT2D eigenvalue weighted by Gasteiger charge is 2.14. The summed E-state index contributed by atoms with van der Waals surface area (Å²) in [6.07, 6.45) is 0. The SMILES string of the molecule is CCNc1cc(OC)c(NC(=O)c2ccccc2)cc1OC. The molecule has 0 bridgehead atoms. The minimum atomic E-state index is -0.197. The maximum Gasteiger partial charge on any atom is 0.255 e. The van der Waals surface area contributed by atoms with Gasteiger partial charge in [-0.3, -0.25) is 4.79 Å². The van der Waals surface area contributed by atoms with Crippen LogP contribution in [0.15, 0.2) is 42.5 Å². The average Bonchev–Trinajstić information content (AvgIpc) is 2.56. The fourth-order valence-corrected chi connectivity index (χ4v) is 2.11. The Hall–Kier alpha value is -2.69. The van der Waals surface area contributed by atoms with E-state index in [4.69, 9.17) is 9.47 Å². The molecule has 22 heavy (non-hydrogen) atoms. The molecule has 5 nitrogen and oxygen atoms in total. The molecule has 5 heteroatoms. The predicted molar refractivity (Wildman–Crippen MR) is 88.1 cm³/mol. The van der Waals surface area contributed by atoms with Crippen molar-refractivity contribution in [1.82, 2.24) is 0 Å². The predicted octanol–water partition coefficient (Wildman–Crippen LogP) is 3.39. The molecular formula is C17H20N2O3. The first-order valence-electron chi connectivity index (χ1n) is 7.05. The molecule has 0 saturated heterocycles. The zero-order valence-corrected chi connectivity index (χ0v) is 13.0. The molecule has 0 fully saturated rings.